The molecule has 0 unspecified atom stereocenters. The summed E-state index contributed by atoms with van der Waals surface area (Å²) in [6.45, 7) is 2.46. The van der Waals surface area contributed by atoms with E-state index in [2.05, 4.69) is 20.6 Å². The number of rotatable bonds is 5. The van der Waals surface area contributed by atoms with Gasteiger partial charge in [0.15, 0.2) is 5.82 Å². The molecular formula is C13H15N5O2. The highest BCUT2D eigenvalue weighted by molar-refractivity contribution is 5.78. The number of nitrogens with two attached hydrogens (primary N) is 1. The summed E-state index contributed by atoms with van der Waals surface area (Å²) in [6, 6.07) is 7.90. The lowest BCUT2D eigenvalue weighted by molar-refractivity contribution is -0.105. The Labute approximate surface area is 115 Å². The van der Waals surface area contributed by atoms with Crippen molar-refractivity contribution in [3.63, 3.8) is 0 Å². The van der Waals surface area contributed by atoms with Gasteiger partial charge in [-0.15, -0.1) is 0 Å². The molecule has 1 aromatic heterocycles. The third kappa shape index (κ3) is 3.14. The number of carbonyl (C=O) groups excluding carboxylic acids is 1. The molecule has 0 saturated heterocycles. The number of aromatic nitrogens is 2. The zero-order chi connectivity index (χ0) is 14.5. The standard InChI is InChI=1S/C13H15N5O2/c1-8-2-4-9(5-3-8)6-15-11-10(16-7-19)12(20)18-13(14)17-11/h2-5,7H,6H2,1H3,(H,16,19)(H4,14,15,17,18,20). The molecule has 0 bridgehead atoms. The molecule has 2 rings (SSSR count). The number of hydrogen-bond donors (Lipinski definition) is 4. The predicted molar refractivity (Wildman–Crippen MR) is 77.5 cm³/mol. The molecule has 0 aliphatic rings. The van der Waals surface area contributed by atoms with E-state index in [9.17, 15) is 9.59 Å². The first kappa shape index (κ1) is 13.6. The highest BCUT2D eigenvalue weighted by atomic mass is 16.1. The van der Waals surface area contributed by atoms with E-state index in [1.165, 1.54) is 0 Å². The fourth-order valence-corrected chi connectivity index (χ4v) is 1.70. The van der Waals surface area contributed by atoms with Crippen LogP contribution in [0.4, 0.5) is 17.5 Å². The molecule has 2 aromatic rings. The van der Waals surface area contributed by atoms with Crippen LogP contribution in [-0.2, 0) is 11.3 Å². The van der Waals surface area contributed by atoms with Crippen molar-refractivity contribution in [2.24, 2.45) is 0 Å². The van der Waals surface area contributed by atoms with Crippen molar-refractivity contribution in [2.45, 2.75) is 13.5 Å². The van der Waals surface area contributed by atoms with Crippen LogP contribution in [0.15, 0.2) is 29.1 Å². The molecule has 0 atom stereocenters. The first-order valence-corrected chi connectivity index (χ1v) is 5.99. The summed E-state index contributed by atoms with van der Waals surface area (Å²) < 4.78 is 0. The third-order valence-electron chi connectivity index (χ3n) is 2.72. The van der Waals surface area contributed by atoms with Gasteiger partial charge in [-0.3, -0.25) is 14.6 Å². The Morgan fingerprint density at radius 3 is 2.70 bits per heavy atom. The Morgan fingerprint density at radius 1 is 1.35 bits per heavy atom. The van der Waals surface area contributed by atoms with Crippen LogP contribution in [0.5, 0.6) is 0 Å². The summed E-state index contributed by atoms with van der Waals surface area (Å²) in [4.78, 5) is 28.5. The molecule has 0 aliphatic carbocycles. The zero-order valence-corrected chi connectivity index (χ0v) is 10.9. The molecule has 0 saturated carbocycles. The number of H-pyrrole nitrogens is 1. The fraction of sp³-hybridized carbons (Fsp3) is 0.154. The van der Waals surface area contributed by atoms with Crippen molar-refractivity contribution < 1.29 is 4.79 Å². The first-order chi connectivity index (χ1) is 9.60. The lowest BCUT2D eigenvalue weighted by Gasteiger charge is -2.10. The lowest BCUT2D eigenvalue weighted by Crippen LogP contribution is -2.19. The van der Waals surface area contributed by atoms with E-state index < -0.39 is 5.56 Å². The summed E-state index contributed by atoms with van der Waals surface area (Å²) in [6.07, 6.45) is 0.416. The average molecular weight is 273 g/mol. The van der Waals surface area contributed by atoms with E-state index in [4.69, 9.17) is 5.73 Å². The van der Waals surface area contributed by atoms with Gasteiger partial charge < -0.3 is 16.4 Å². The van der Waals surface area contributed by atoms with Crippen LogP contribution in [0.2, 0.25) is 0 Å². The molecular weight excluding hydrogens is 258 g/mol. The number of nitrogens with one attached hydrogen (secondary N) is 3. The molecule has 7 heteroatoms. The Balaban J connectivity index is 2.22. The minimum absolute atomic E-state index is 0.0159. The summed E-state index contributed by atoms with van der Waals surface area (Å²) >= 11 is 0. The zero-order valence-electron chi connectivity index (χ0n) is 10.9. The molecule has 20 heavy (non-hydrogen) atoms. The number of carbonyl (C=O) groups is 1. The molecule has 5 N–H and O–H groups in total. The first-order valence-electron chi connectivity index (χ1n) is 5.99. The quantitative estimate of drug-likeness (QED) is 0.603. The molecule has 0 spiro atoms. The molecule has 104 valence electrons. The van der Waals surface area contributed by atoms with Gasteiger partial charge in [0.25, 0.3) is 5.56 Å². The van der Waals surface area contributed by atoms with Crippen LogP contribution in [-0.4, -0.2) is 16.4 Å². The van der Waals surface area contributed by atoms with Crippen LogP contribution in [0.1, 0.15) is 11.1 Å². The normalized spacial score (nSPS) is 10.1. The second kappa shape index (κ2) is 5.87. The van der Waals surface area contributed by atoms with Gasteiger partial charge in [-0.1, -0.05) is 29.8 Å². The smallest absolute Gasteiger partial charge is 0.278 e. The van der Waals surface area contributed by atoms with Gasteiger partial charge in [0.05, 0.1) is 0 Å². The average Bonchev–Trinajstić information content (AvgIpc) is 2.41. The molecule has 0 radical (unpaired) electrons. The highest BCUT2D eigenvalue weighted by Gasteiger charge is 2.09. The molecule has 1 heterocycles. The van der Waals surface area contributed by atoms with E-state index in [0.717, 1.165) is 11.1 Å². The Bertz CT molecular complexity index is 663. The third-order valence-corrected chi connectivity index (χ3v) is 2.72. The van der Waals surface area contributed by atoms with Crippen molar-refractivity contribution in [1.82, 2.24) is 9.97 Å². The van der Waals surface area contributed by atoms with Crippen LogP contribution < -0.4 is 21.9 Å². The number of aryl methyl sites for hydroxylation is 1. The fourth-order valence-electron chi connectivity index (χ4n) is 1.70. The largest absolute Gasteiger partial charge is 0.369 e. The number of aromatic amines is 1. The molecule has 0 fully saturated rings. The number of anilines is 3. The molecule has 1 aromatic carbocycles. The van der Waals surface area contributed by atoms with Gasteiger partial charge in [-0.2, -0.15) is 4.98 Å². The van der Waals surface area contributed by atoms with E-state index in [0.29, 0.717) is 13.0 Å². The summed E-state index contributed by atoms with van der Waals surface area (Å²) in [5.41, 5.74) is 7.21. The lowest BCUT2D eigenvalue weighted by atomic mass is 10.1. The number of benzene rings is 1. The van der Waals surface area contributed by atoms with Crippen molar-refractivity contribution in [3.05, 3.63) is 45.7 Å². The monoisotopic (exact) mass is 273 g/mol. The second-order valence-electron chi connectivity index (χ2n) is 4.28. The van der Waals surface area contributed by atoms with Crippen molar-refractivity contribution >= 4 is 23.9 Å². The Kier molecular flexibility index (Phi) is 3.99. The topological polar surface area (TPSA) is 113 Å². The van der Waals surface area contributed by atoms with E-state index in [-0.39, 0.29) is 17.5 Å². The minimum Gasteiger partial charge on any atom is -0.369 e. The van der Waals surface area contributed by atoms with Crippen LogP contribution in [0.25, 0.3) is 0 Å². The summed E-state index contributed by atoms with van der Waals surface area (Å²) in [5.74, 6) is 0.219. The van der Waals surface area contributed by atoms with E-state index in [1.54, 1.807) is 0 Å². The number of amides is 1. The van der Waals surface area contributed by atoms with E-state index in [1.807, 2.05) is 31.2 Å². The van der Waals surface area contributed by atoms with E-state index >= 15 is 0 Å². The highest BCUT2D eigenvalue weighted by Crippen LogP contribution is 2.15. The molecule has 1 amide bonds. The number of nitrogen functional groups attached to an aromatic ring is 1. The summed E-state index contributed by atoms with van der Waals surface area (Å²) in [7, 11) is 0. The SMILES string of the molecule is Cc1ccc(CNc2nc(N)[nH]c(=O)c2NC=O)cc1. The Morgan fingerprint density at radius 2 is 2.05 bits per heavy atom. The van der Waals surface area contributed by atoms with Gasteiger partial charge in [0.2, 0.25) is 12.4 Å². The van der Waals surface area contributed by atoms with Crippen LogP contribution >= 0.6 is 0 Å². The predicted octanol–water partition coefficient (Wildman–Crippen LogP) is 0.841. The van der Waals surface area contributed by atoms with Gasteiger partial charge in [-0.25, -0.2) is 0 Å². The number of hydrogen-bond acceptors (Lipinski definition) is 5. The van der Waals surface area contributed by atoms with Crippen LogP contribution in [0.3, 0.4) is 0 Å². The number of nitrogens with zero attached hydrogens (tertiary/aromatic N) is 1. The minimum atomic E-state index is -0.504. The Hall–Kier alpha value is -2.83. The second-order valence-corrected chi connectivity index (χ2v) is 4.28. The van der Waals surface area contributed by atoms with Crippen molar-refractivity contribution in [3.8, 4) is 0 Å². The van der Waals surface area contributed by atoms with Gasteiger partial charge in [0.1, 0.15) is 5.69 Å². The van der Waals surface area contributed by atoms with Crippen LogP contribution in [0, 0.1) is 6.92 Å². The molecule has 7 nitrogen and oxygen atoms in total. The van der Waals surface area contributed by atoms with Crippen molar-refractivity contribution in [1.29, 1.82) is 0 Å². The maximum Gasteiger partial charge on any atom is 0.278 e. The van der Waals surface area contributed by atoms with Gasteiger partial charge in [-0.05, 0) is 12.5 Å². The molecule has 0 aliphatic heterocycles. The van der Waals surface area contributed by atoms with Gasteiger partial charge >= 0.3 is 0 Å². The summed E-state index contributed by atoms with van der Waals surface area (Å²) in [5, 5.41) is 5.30. The van der Waals surface area contributed by atoms with Crippen molar-refractivity contribution in [2.75, 3.05) is 16.4 Å². The maximum atomic E-state index is 11.7. The maximum absolute atomic E-state index is 11.7. The van der Waals surface area contributed by atoms with Gasteiger partial charge in [0, 0.05) is 6.54 Å².